The zero-order valence-electron chi connectivity index (χ0n) is 14.2. The summed E-state index contributed by atoms with van der Waals surface area (Å²) in [5.41, 5.74) is 1.90. The zero-order chi connectivity index (χ0) is 16.9. The summed E-state index contributed by atoms with van der Waals surface area (Å²) in [6.07, 6.45) is 3.48. The van der Waals surface area contributed by atoms with E-state index in [0.717, 1.165) is 43.1 Å². The van der Waals surface area contributed by atoms with E-state index in [0.29, 0.717) is 0 Å². The van der Waals surface area contributed by atoms with Crippen LogP contribution in [0.5, 0.6) is 5.75 Å². The molecular formula is C19H23N3O2. The smallest absolute Gasteiger partial charge is 0.244 e. The van der Waals surface area contributed by atoms with Crippen molar-refractivity contribution in [2.45, 2.75) is 18.9 Å². The highest BCUT2D eigenvalue weighted by Crippen LogP contribution is 2.32. The van der Waals surface area contributed by atoms with Crippen molar-refractivity contribution < 1.29 is 9.53 Å². The average Bonchev–Trinajstić information content (AvgIpc) is 3.02. The van der Waals surface area contributed by atoms with Crippen LogP contribution in [-0.4, -0.2) is 49.1 Å². The number of methoxy groups -OCH3 is 1. The molecule has 2 heterocycles. The number of aromatic nitrogens is 1. The molecule has 2 aromatic rings. The van der Waals surface area contributed by atoms with E-state index in [4.69, 9.17) is 4.74 Å². The largest absolute Gasteiger partial charge is 0.495 e. The molecule has 1 aromatic heterocycles. The molecule has 0 aliphatic carbocycles. The Hall–Kier alpha value is -2.40. The minimum atomic E-state index is -0.0846. The minimum Gasteiger partial charge on any atom is -0.495 e. The van der Waals surface area contributed by atoms with E-state index in [1.165, 1.54) is 0 Å². The van der Waals surface area contributed by atoms with Crippen LogP contribution in [0, 0.1) is 0 Å². The maximum Gasteiger partial charge on any atom is 0.244 e. The standard InChI is InChI=1S/C19H23N3O2/c1-21(13-10-15-7-5-6-12-20-15)17-11-14-22(19(17)23)16-8-3-4-9-18(16)24-2/h3-9,12,17H,10-11,13-14H2,1-2H3/t17-/m1/s1. The lowest BCUT2D eigenvalue weighted by molar-refractivity contribution is -0.121. The van der Waals surface area contributed by atoms with E-state index in [-0.39, 0.29) is 11.9 Å². The average molecular weight is 325 g/mol. The number of pyridine rings is 1. The van der Waals surface area contributed by atoms with Crippen LogP contribution in [0.15, 0.2) is 48.7 Å². The van der Waals surface area contributed by atoms with Gasteiger partial charge in [-0.25, -0.2) is 0 Å². The number of carbonyl (C=O) groups is 1. The minimum absolute atomic E-state index is 0.0846. The highest BCUT2D eigenvalue weighted by atomic mass is 16.5. The predicted molar refractivity (Wildman–Crippen MR) is 94.3 cm³/mol. The molecule has 0 bridgehead atoms. The first kappa shape index (κ1) is 16.5. The van der Waals surface area contributed by atoms with Crippen molar-refractivity contribution in [3.63, 3.8) is 0 Å². The van der Waals surface area contributed by atoms with Gasteiger partial charge in [0, 0.05) is 31.4 Å². The summed E-state index contributed by atoms with van der Waals surface area (Å²) in [5, 5.41) is 0. The monoisotopic (exact) mass is 325 g/mol. The summed E-state index contributed by atoms with van der Waals surface area (Å²) in [6, 6.07) is 13.5. The van der Waals surface area contributed by atoms with E-state index in [1.54, 1.807) is 13.3 Å². The molecule has 1 fully saturated rings. The molecule has 1 amide bonds. The van der Waals surface area contributed by atoms with Gasteiger partial charge in [-0.15, -0.1) is 0 Å². The summed E-state index contributed by atoms with van der Waals surface area (Å²) < 4.78 is 5.39. The van der Waals surface area contributed by atoms with Crippen LogP contribution in [0.3, 0.4) is 0 Å². The zero-order valence-corrected chi connectivity index (χ0v) is 14.2. The van der Waals surface area contributed by atoms with Crippen LogP contribution in [0.4, 0.5) is 5.69 Å². The van der Waals surface area contributed by atoms with Gasteiger partial charge in [-0.2, -0.15) is 0 Å². The van der Waals surface area contributed by atoms with Crippen LogP contribution < -0.4 is 9.64 Å². The van der Waals surface area contributed by atoms with Crippen molar-refractivity contribution in [2.24, 2.45) is 0 Å². The lowest BCUT2D eigenvalue weighted by atomic mass is 10.2. The maximum absolute atomic E-state index is 12.8. The molecule has 1 aromatic carbocycles. The van der Waals surface area contributed by atoms with Crippen LogP contribution in [0.1, 0.15) is 12.1 Å². The number of rotatable bonds is 6. The van der Waals surface area contributed by atoms with Crippen molar-refractivity contribution in [3.05, 3.63) is 54.4 Å². The van der Waals surface area contributed by atoms with E-state index in [1.807, 2.05) is 54.4 Å². The molecule has 1 saturated heterocycles. The van der Waals surface area contributed by atoms with Gasteiger partial charge in [-0.05, 0) is 37.7 Å². The third-order valence-electron chi connectivity index (χ3n) is 4.53. The van der Waals surface area contributed by atoms with Crippen LogP contribution in [-0.2, 0) is 11.2 Å². The summed E-state index contributed by atoms with van der Waals surface area (Å²) in [4.78, 5) is 21.1. The highest BCUT2D eigenvalue weighted by Gasteiger charge is 2.36. The molecule has 0 saturated carbocycles. The van der Waals surface area contributed by atoms with Crippen molar-refractivity contribution in [2.75, 3.05) is 32.1 Å². The Morgan fingerprint density at radius 3 is 2.79 bits per heavy atom. The third kappa shape index (κ3) is 3.41. The number of nitrogens with zero attached hydrogens (tertiary/aromatic N) is 3. The molecule has 3 rings (SSSR count). The first-order valence-corrected chi connectivity index (χ1v) is 8.25. The topological polar surface area (TPSA) is 45.7 Å². The Kier molecular flexibility index (Phi) is 5.11. The molecular weight excluding hydrogens is 302 g/mol. The second-order valence-corrected chi connectivity index (χ2v) is 6.02. The van der Waals surface area contributed by atoms with Crippen molar-refractivity contribution in [3.8, 4) is 5.75 Å². The van der Waals surface area contributed by atoms with Crippen LogP contribution in [0.25, 0.3) is 0 Å². The number of carbonyl (C=O) groups excluding carboxylic acids is 1. The molecule has 0 radical (unpaired) electrons. The fourth-order valence-corrected chi connectivity index (χ4v) is 3.16. The van der Waals surface area contributed by atoms with Crippen molar-refractivity contribution in [1.82, 2.24) is 9.88 Å². The number of hydrogen-bond acceptors (Lipinski definition) is 4. The molecule has 126 valence electrons. The number of hydrogen-bond donors (Lipinski definition) is 0. The normalized spacial score (nSPS) is 17.5. The van der Waals surface area contributed by atoms with Gasteiger partial charge < -0.3 is 9.64 Å². The van der Waals surface area contributed by atoms with E-state index in [9.17, 15) is 4.79 Å². The Bertz CT molecular complexity index is 690. The Labute approximate surface area is 142 Å². The molecule has 0 unspecified atom stereocenters. The second kappa shape index (κ2) is 7.45. The van der Waals surface area contributed by atoms with Gasteiger partial charge in [0.1, 0.15) is 5.75 Å². The Morgan fingerprint density at radius 2 is 2.04 bits per heavy atom. The number of para-hydroxylation sites is 2. The fraction of sp³-hybridized carbons (Fsp3) is 0.368. The number of anilines is 1. The molecule has 1 aliphatic heterocycles. The molecule has 0 N–H and O–H groups in total. The quantitative estimate of drug-likeness (QED) is 0.818. The van der Waals surface area contributed by atoms with Crippen molar-refractivity contribution in [1.29, 1.82) is 0 Å². The molecule has 1 atom stereocenters. The van der Waals surface area contributed by atoms with Gasteiger partial charge in [0.2, 0.25) is 5.91 Å². The molecule has 1 aliphatic rings. The number of likely N-dealkylation sites (N-methyl/N-ethyl adjacent to an activating group) is 1. The summed E-state index contributed by atoms with van der Waals surface area (Å²) in [7, 11) is 3.65. The second-order valence-electron chi connectivity index (χ2n) is 6.02. The fourth-order valence-electron chi connectivity index (χ4n) is 3.16. The van der Waals surface area contributed by atoms with E-state index >= 15 is 0 Å². The third-order valence-corrected chi connectivity index (χ3v) is 4.53. The van der Waals surface area contributed by atoms with Crippen LogP contribution >= 0.6 is 0 Å². The van der Waals surface area contributed by atoms with Gasteiger partial charge in [-0.3, -0.25) is 14.7 Å². The summed E-state index contributed by atoms with van der Waals surface area (Å²) in [5.74, 6) is 0.880. The number of benzene rings is 1. The van der Waals surface area contributed by atoms with E-state index < -0.39 is 0 Å². The Morgan fingerprint density at radius 1 is 1.25 bits per heavy atom. The van der Waals surface area contributed by atoms with Gasteiger partial charge in [0.05, 0.1) is 18.8 Å². The number of amides is 1. The molecule has 24 heavy (non-hydrogen) atoms. The molecule has 0 spiro atoms. The van der Waals surface area contributed by atoms with Crippen molar-refractivity contribution >= 4 is 11.6 Å². The van der Waals surface area contributed by atoms with Gasteiger partial charge in [0.25, 0.3) is 0 Å². The first-order valence-electron chi connectivity index (χ1n) is 8.25. The van der Waals surface area contributed by atoms with Gasteiger partial charge in [0.15, 0.2) is 0 Å². The number of ether oxygens (including phenoxy) is 1. The summed E-state index contributed by atoms with van der Waals surface area (Å²) >= 11 is 0. The molecule has 5 nitrogen and oxygen atoms in total. The summed E-state index contributed by atoms with van der Waals surface area (Å²) in [6.45, 7) is 1.53. The van der Waals surface area contributed by atoms with E-state index in [2.05, 4.69) is 9.88 Å². The predicted octanol–water partition coefficient (Wildman–Crippen LogP) is 2.37. The maximum atomic E-state index is 12.8. The van der Waals surface area contributed by atoms with Crippen LogP contribution in [0.2, 0.25) is 0 Å². The lowest BCUT2D eigenvalue weighted by Crippen LogP contribution is -2.40. The first-order chi connectivity index (χ1) is 11.7. The Balaban J connectivity index is 1.65. The molecule has 5 heteroatoms. The van der Waals surface area contributed by atoms with Gasteiger partial charge in [-0.1, -0.05) is 18.2 Å². The SMILES string of the molecule is COc1ccccc1N1CC[C@@H](N(C)CCc2ccccn2)C1=O. The lowest BCUT2D eigenvalue weighted by Gasteiger charge is -2.24. The highest BCUT2D eigenvalue weighted by molar-refractivity contribution is 6.00. The van der Waals surface area contributed by atoms with Gasteiger partial charge >= 0.3 is 0 Å².